The number of aromatic nitrogens is 1. The van der Waals surface area contributed by atoms with E-state index in [4.69, 9.17) is 17.0 Å². The first-order valence-electron chi connectivity index (χ1n) is 10.2. The second-order valence-electron chi connectivity index (χ2n) is 7.28. The summed E-state index contributed by atoms with van der Waals surface area (Å²) in [5.41, 5.74) is 9.26. The number of nitrogens with one attached hydrogen (secondary N) is 3. The predicted octanol–water partition coefficient (Wildman–Crippen LogP) is 4.01. The average Bonchev–Trinajstić information content (AvgIpc) is 3.21. The van der Waals surface area contributed by atoms with E-state index < -0.39 is 0 Å². The highest BCUT2D eigenvalue weighted by molar-refractivity contribution is 7.80. The number of nitrogens with zero attached hydrogens (tertiary/aromatic N) is 1. The number of carbonyl (C=O) groups excluding carboxylic acids is 1. The number of carbonyl (C=O) groups is 1. The maximum Gasteiger partial charge on any atom is 0.271 e. The third kappa shape index (κ3) is 5.07. The maximum absolute atomic E-state index is 12.9. The molecule has 0 fully saturated rings. The predicted molar refractivity (Wildman–Crippen MR) is 131 cm³/mol. The van der Waals surface area contributed by atoms with Crippen LogP contribution >= 0.6 is 12.2 Å². The van der Waals surface area contributed by atoms with Gasteiger partial charge in [0.2, 0.25) is 0 Å². The van der Waals surface area contributed by atoms with Gasteiger partial charge in [-0.15, -0.1) is 0 Å². The van der Waals surface area contributed by atoms with Gasteiger partial charge in [-0.1, -0.05) is 60.7 Å². The molecule has 0 radical (unpaired) electrons. The monoisotopic (exact) mass is 444 g/mol. The second-order valence-corrected chi connectivity index (χ2v) is 7.69. The SMILES string of the molecule is COc1ccc(Cn2cc(C(=O)NNC(=S)NCc3ccccc3)c3ccccc32)cc1. The van der Waals surface area contributed by atoms with Gasteiger partial charge in [0.15, 0.2) is 5.11 Å². The molecular weight excluding hydrogens is 420 g/mol. The number of rotatable bonds is 6. The van der Waals surface area contributed by atoms with Crippen molar-refractivity contribution >= 4 is 34.1 Å². The summed E-state index contributed by atoms with van der Waals surface area (Å²) in [6.07, 6.45) is 1.87. The highest BCUT2D eigenvalue weighted by Crippen LogP contribution is 2.23. The first-order chi connectivity index (χ1) is 15.6. The number of hydrogen-bond donors (Lipinski definition) is 3. The zero-order valence-electron chi connectivity index (χ0n) is 17.7. The van der Waals surface area contributed by atoms with Crippen LogP contribution in [0.25, 0.3) is 10.9 Å². The van der Waals surface area contributed by atoms with Gasteiger partial charge in [0.25, 0.3) is 5.91 Å². The van der Waals surface area contributed by atoms with Gasteiger partial charge >= 0.3 is 0 Å². The van der Waals surface area contributed by atoms with Gasteiger partial charge in [0.1, 0.15) is 5.75 Å². The lowest BCUT2D eigenvalue weighted by Gasteiger charge is -2.11. The lowest BCUT2D eigenvalue weighted by molar-refractivity contribution is 0.0945. The molecule has 0 aliphatic rings. The third-order valence-electron chi connectivity index (χ3n) is 5.13. The summed E-state index contributed by atoms with van der Waals surface area (Å²) in [7, 11) is 1.65. The van der Waals surface area contributed by atoms with Gasteiger partial charge in [-0.2, -0.15) is 0 Å². The zero-order chi connectivity index (χ0) is 22.3. The van der Waals surface area contributed by atoms with Crippen molar-refractivity contribution in [1.29, 1.82) is 0 Å². The van der Waals surface area contributed by atoms with E-state index >= 15 is 0 Å². The molecule has 6 nitrogen and oxygen atoms in total. The van der Waals surface area contributed by atoms with Crippen molar-refractivity contribution < 1.29 is 9.53 Å². The van der Waals surface area contributed by atoms with Crippen molar-refractivity contribution in [2.24, 2.45) is 0 Å². The number of hydrogen-bond acceptors (Lipinski definition) is 3. The summed E-state index contributed by atoms with van der Waals surface area (Å²) in [5, 5.41) is 4.31. The summed E-state index contributed by atoms with van der Waals surface area (Å²) in [6, 6.07) is 25.7. The minimum atomic E-state index is -0.251. The lowest BCUT2D eigenvalue weighted by Crippen LogP contribution is -2.46. The molecule has 0 atom stereocenters. The summed E-state index contributed by atoms with van der Waals surface area (Å²) < 4.78 is 7.30. The molecule has 1 aromatic heterocycles. The molecule has 1 heterocycles. The van der Waals surface area contributed by atoms with E-state index in [1.165, 1.54) is 0 Å². The van der Waals surface area contributed by atoms with Gasteiger partial charge < -0.3 is 14.6 Å². The Balaban J connectivity index is 1.43. The molecule has 3 aromatic carbocycles. The van der Waals surface area contributed by atoms with Crippen LogP contribution in [0.3, 0.4) is 0 Å². The number of methoxy groups -OCH3 is 1. The minimum Gasteiger partial charge on any atom is -0.497 e. The van der Waals surface area contributed by atoms with Gasteiger partial charge in [0.05, 0.1) is 12.7 Å². The molecule has 32 heavy (non-hydrogen) atoms. The number of hydrazine groups is 1. The van der Waals surface area contributed by atoms with Crippen LogP contribution in [-0.4, -0.2) is 22.7 Å². The van der Waals surface area contributed by atoms with E-state index in [-0.39, 0.29) is 5.91 Å². The van der Waals surface area contributed by atoms with Gasteiger partial charge in [-0.3, -0.25) is 15.6 Å². The van der Waals surface area contributed by atoms with E-state index in [1.54, 1.807) is 7.11 Å². The quantitative estimate of drug-likeness (QED) is 0.310. The Kier molecular flexibility index (Phi) is 6.67. The Morgan fingerprint density at radius 1 is 0.906 bits per heavy atom. The normalized spacial score (nSPS) is 10.5. The molecule has 4 aromatic rings. The highest BCUT2D eigenvalue weighted by Gasteiger charge is 2.15. The number of fused-ring (bicyclic) bond motifs is 1. The van der Waals surface area contributed by atoms with Crippen LogP contribution in [-0.2, 0) is 13.1 Å². The van der Waals surface area contributed by atoms with Crippen LogP contribution < -0.4 is 20.9 Å². The van der Waals surface area contributed by atoms with E-state index in [0.717, 1.165) is 27.8 Å². The van der Waals surface area contributed by atoms with Crippen molar-refractivity contribution in [3.63, 3.8) is 0 Å². The Hall–Kier alpha value is -3.84. The Morgan fingerprint density at radius 2 is 1.62 bits per heavy atom. The third-order valence-corrected chi connectivity index (χ3v) is 5.38. The maximum atomic E-state index is 12.9. The summed E-state index contributed by atoms with van der Waals surface area (Å²) in [4.78, 5) is 12.9. The Labute approximate surface area is 192 Å². The second kappa shape index (κ2) is 9.98. The van der Waals surface area contributed by atoms with Crippen LogP contribution in [0.1, 0.15) is 21.5 Å². The standard InChI is InChI=1S/C25H24N4O2S/c1-31-20-13-11-19(12-14-20)16-29-17-22(21-9-5-6-10-23(21)29)24(30)27-28-25(32)26-15-18-7-3-2-4-8-18/h2-14,17H,15-16H2,1H3,(H,27,30)(H2,26,28,32). The van der Waals surface area contributed by atoms with E-state index in [2.05, 4.69) is 20.7 Å². The number of amides is 1. The van der Waals surface area contributed by atoms with Gasteiger partial charge in [-0.25, -0.2) is 0 Å². The molecule has 0 aliphatic carbocycles. The van der Waals surface area contributed by atoms with Crippen molar-refractivity contribution in [3.05, 3.63) is 102 Å². The molecule has 3 N–H and O–H groups in total. The molecule has 0 aliphatic heterocycles. The molecule has 0 saturated carbocycles. The number of ether oxygens (including phenoxy) is 1. The largest absolute Gasteiger partial charge is 0.497 e. The summed E-state index contributed by atoms with van der Waals surface area (Å²) in [5.74, 6) is 0.563. The molecule has 7 heteroatoms. The van der Waals surface area contributed by atoms with E-state index in [0.29, 0.717) is 23.8 Å². The number of benzene rings is 3. The van der Waals surface area contributed by atoms with Gasteiger partial charge in [-0.05, 0) is 41.5 Å². The smallest absolute Gasteiger partial charge is 0.271 e. The fourth-order valence-corrected chi connectivity index (χ4v) is 3.61. The first-order valence-corrected chi connectivity index (χ1v) is 10.6. The highest BCUT2D eigenvalue weighted by atomic mass is 32.1. The Bertz CT molecular complexity index is 1220. The molecule has 162 valence electrons. The molecule has 0 saturated heterocycles. The topological polar surface area (TPSA) is 67.3 Å². The van der Waals surface area contributed by atoms with Crippen molar-refractivity contribution in [2.45, 2.75) is 13.1 Å². The number of thiocarbonyl (C=S) groups is 1. The summed E-state index contributed by atoms with van der Waals surface area (Å²) >= 11 is 5.28. The minimum absolute atomic E-state index is 0.251. The molecule has 4 rings (SSSR count). The molecule has 0 bridgehead atoms. The molecular formula is C25H24N4O2S. The van der Waals surface area contributed by atoms with E-state index in [9.17, 15) is 4.79 Å². The van der Waals surface area contributed by atoms with Crippen LogP contribution in [0.2, 0.25) is 0 Å². The fraction of sp³-hybridized carbons (Fsp3) is 0.120. The van der Waals surface area contributed by atoms with Crippen molar-refractivity contribution in [1.82, 2.24) is 20.7 Å². The van der Waals surface area contributed by atoms with E-state index in [1.807, 2.05) is 85.1 Å². The van der Waals surface area contributed by atoms with Crippen molar-refractivity contribution in [3.8, 4) is 5.75 Å². The van der Waals surface area contributed by atoms with Crippen LogP contribution in [0.15, 0.2) is 85.1 Å². The molecule has 1 amide bonds. The summed E-state index contributed by atoms with van der Waals surface area (Å²) in [6.45, 7) is 1.21. The van der Waals surface area contributed by atoms with Crippen molar-refractivity contribution in [2.75, 3.05) is 7.11 Å². The zero-order valence-corrected chi connectivity index (χ0v) is 18.5. The Morgan fingerprint density at radius 3 is 2.38 bits per heavy atom. The fourth-order valence-electron chi connectivity index (χ4n) is 3.49. The first kappa shape index (κ1) is 21.4. The van der Waals surface area contributed by atoms with Gasteiger partial charge in [0, 0.05) is 30.2 Å². The average molecular weight is 445 g/mol. The lowest BCUT2D eigenvalue weighted by atomic mass is 10.1. The molecule has 0 spiro atoms. The van der Waals surface area contributed by atoms with Crippen LogP contribution in [0, 0.1) is 0 Å². The van der Waals surface area contributed by atoms with Crippen LogP contribution in [0.4, 0.5) is 0 Å². The van der Waals surface area contributed by atoms with Crippen LogP contribution in [0.5, 0.6) is 5.75 Å². The number of para-hydroxylation sites is 1. The molecule has 0 unspecified atom stereocenters.